The monoisotopic (exact) mass is 167 g/mol. The van der Waals surface area contributed by atoms with E-state index in [2.05, 4.69) is 0 Å². The molecule has 3 aliphatic carbocycles. The van der Waals surface area contributed by atoms with Crippen molar-refractivity contribution in [3.8, 4) is 6.07 Å². The minimum absolute atomic E-state index is 0.00231. The van der Waals surface area contributed by atoms with Gasteiger partial charge in [0.1, 0.15) is 0 Å². The van der Waals surface area contributed by atoms with Crippen molar-refractivity contribution >= 4 is 0 Å². The summed E-state index contributed by atoms with van der Waals surface area (Å²) >= 11 is 0. The van der Waals surface area contributed by atoms with Gasteiger partial charge in [0, 0.05) is 5.92 Å². The molecular formula is C9H13NO2. The van der Waals surface area contributed by atoms with Gasteiger partial charge >= 0.3 is 0 Å². The van der Waals surface area contributed by atoms with Crippen molar-refractivity contribution in [2.75, 3.05) is 0 Å². The van der Waals surface area contributed by atoms with E-state index in [1.807, 2.05) is 6.07 Å². The maximum absolute atomic E-state index is 9.82. The van der Waals surface area contributed by atoms with Crippen LogP contribution in [-0.2, 0) is 0 Å². The number of nitrogens with zero attached hydrogens (tertiary/aromatic N) is 1. The molecule has 0 heterocycles. The molecule has 0 amide bonds. The van der Waals surface area contributed by atoms with E-state index in [4.69, 9.17) is 5.26 Å². The predicted molar refractivity (Wildman–Crippen MR) is 42.0 cm³/mol. The first kappa shape index (κ1) is 8.03. The van der Waals surface area contributed by atoms with E-state index in [0.717, 1.165) is 12.8 Å². The molecule has 0 aromatic heterocycles. The molecule has 3 nitrogen and oxygen atoms in total. The molecule has 0 aliphatic heterocycles. The van der Waals surface area contributed by atoms with Crippen LogP contribution in [0.2, 0.25) is 0 Å². The standard InChI is InChI=1S/C9H13NO2/c10-5-9(12)4-6-1-2-7(9)3-8(6)11/h6-8,11-12H,1-4H2. The fourth-order valence-electron chi connectivity index (χ4n) is 2.58. The van der Waals surface area contributed by atoms with Crippen molar-refractivity contribution in [3.63, 3.8) is 0 Å². The largest absolute Gasteiger partial charge is 0.393 e. The van der Waals surface area contributed by atoms with Crippen LogP contribution in [0, 0.1) is 23.2 Å². The lowest BCUT2D eigenvalue weighted by molar-refractivity contribution is -0.109. The Balaban J connectivity index is 2.22. The average molecular weight is 167 g/mol. The summed E-state index contributed by atoms with van der Waals surface area (Å²) in [6.45, 7) is 0. The first-order valence-electron chi connectivity index (χ1n) is 4.47. The Bertz CT molecular complexity index is 235. The third kappa shape index (κ3) is 0.954. The summed E-state index contributed by atoms with van der Waals surface area (Å²) in [7, 11) is 0. The molecule has 0 radical (unpaired) electrons. The van der Waals surface area contributed by atoms with Crippen molar-refractivity contribution < 1.29 is 10.2 Å². The lowest BCUT2D eigenvalue weighted by Crippen LogP contribution is -2.51. The van der Waals surface area contributed by atoms with E-state index in [1.165, 1.54) is 0 Å². The summed E-state index contributed by atoms with van der Waals surface area (Å²) in [4.78, 5) is 0. The van der Waals surface area contributed by atoms with Crippen LogP contribution in [0.1, 0.15) is 25.7 Å². The zero-order valence-electron chi connectivity index (χ0n) is 6.90. The van der Waals surface area contributed by atoms with Gasteiger partial charge in [0.25, 0.3) is 0 Å². The molecule has 2 N–H and O–H groups in total. The minimum atomic E-state index is -1.14. The Morgan fingerprint density at radius 1 is 1.42 bits per heavy atom. The molecule has 3 aliphatic rings. The van der Waals surface area contributed by atoms with Gasteiger partial charge in [-0.1, -0.05) is 0 Å². The number of aliphatic hydroxyl groups is 2. The van der Waals surface area contributed by atoms with Gasteiger partial charge in [0.2, 0.25) is 0 Å². The van der Waals surface area contributed by atoms with Crippen LogP contribution in [0.25, 0.3) is 0 Å². The SMILES string of the molecule is N#CC1(O)CC2CCC1CC2O. The van der Waals surface area contributed by atoms with Gasteiger partial charge < -0.3 is 10.2 Å². The number of fused-ring (bicyclic) bond motifs is 3. The molecule has 4 unspecified atom stereocenters. The quantitative estimate of drug-likeness (QED) is 0.514. The van der Waals surface area contributed by atoms with Gasteiger partial charge in [-0.15, -0.1) is 0 Å². The molecule has 66 valence electrons. The lowest BCUT2D eigenvalue weighted by atomic mass is 9.61. The van der Waals surface area contributed by atoms with Gasteiger partial charge in [0.05, 0.1) is 12.2 Å². The molecule has 0 aromatic carbocycles. The zero-order chi connectivity index (χ0) is 8.77. The molecule has 3 rings (SSSR count). The molecule has 0 spiro atoms. The normalized spacial score (nSPS) is 51.9. The lowest BCUT2D eigenvalue weighted by Gasteiger charge is -2.47. The van der Waals surface area contributed by atoms with Crippen molar-refractivity contribution in [2.24, 2.45) is 11.8 Å². The van der Waals surface area contributed by atoms with Gasteiger partial charge in [-0.3, -0.25) is 0 Å². The summed E-state index contributed by atoms with van der Waals surface area (Å²) in [5.74, 6) is 0.155. The molecule has 4 atom stereocenters. The Hall–Kier alpha value is -0.590. The second-order valence-corrected chi connectivity index (χ2v) is 4.08. The maximum atomic E-state index is 9.82. The Morgan fingerprint density at radius 3 is 2.58 bits per heavy atom. The fourth-order valence-corrected chi connectivity index (χ4v) is 2.58. The van der Waals surface area contributed by atoms with Crippen LogP contribution in [0.5, 0.6) is 0 Å². The number of rotatable bonds is 0. The first-order chi connectivity index (χ1) is 5.65. The van der Waals surface area contributed by atoms with E-state index in [0.29, 0.717) is 12.8 Å². The molecule has 3 heteroatoms. The number of hydrogen-bond donors (Lipinski definition) is 2. The van der Waals surface area contributed by atoms with Gasteiger partial charge in [0.15, 0.2) is 5.60 Å². The highest BCUT2D eigenvalue weighted by Gasteiger charge is 2.50. The van der Waals surface area contributed by atoms with Gasteiger partial charge in [-0.2, -0.15) is 5.26 Å². The number of aliphatic hydroxyl groups excluding tert-OH is 1. The van der Waals surface area contributed by atoms with Crippen LogP contribution >= 0.6 is 0 Å². The predicted octanol–water partition coefficient (Wildman–Crippen LogP) is 0.422. The van der Waals surface area contributed by atoms with E-state index in [9.17, 15) is 10.2 Å². The Kier molecular flexibility index (Phi) is 1.64. The average Bonchev–Trinajstić information content (AvgIpc) is 2.08. The van der Waals surface area contributed by atoms with Gasteiger partial charge in [-0.05, 0) is 31.6 Å². The molecule has 12 heavy (non-hydrogen) atoms. The Labute approximate surface area is 71.6 Å². The second kappa shape index (κ2) is 2.45. The zero-order valence-corrected chi connectivity index (χ0v) is 6.90. The summed E-state index contributed by atoms with van der Waals surface area (Å²) in [5, 5.41) is 28.1. The van der Waals surface area contributed by atoms with Crippen LogP contribution in [0.3, 0.4) is 0 Å². The third-order valence-electron chi connectivity index (χ3n) is 3.40. The van der Waals surface area contributed by atoms with Crippen LogP contribution in [0.15, 0.2) is 0 Å². The fraction of sp³-hybridized carbons (Fsp3) is 0.889. The van der Waals surface area contributed by atoms with Gasteiger partial charge in [-0.25, -0.2) is 0 Å². The molecule has 2 bridgehead atoms. The van der Waals surface area contributed by atoms with Crippen molar-refractivity contribution in [3.05, 3.63) is 0 Å². The van der Waals surface area contributed by atoms with E-state index < -0.39 is 5.60 Å². The Morgan fingerprint density at radius 2 is 2.17 bits per heavy atom. The summed E-state index contributed by atoms with van der Waals surface area (Å²) in [5.41, 5.74) is -1.14. The first-order valence-corrected chi connectivity index (χ1v) is 4.47. The van der Waals surface area contributed by atoms with Crippen molar-refractivity contribution in [2.45, 2.75) is 37.4 Å². The van der Waals surface area contributed by atoms with Crippen molar-refractivity contribution in [1.29, 1.82) is 5.26 Å². The van der Waals surface area contributed by atoms with Crippen LogP contribution in [-0.4, -0.2) is 21.9 Å². The molecule has 3 fully saturated rings. The second-order valence-electron chi connectivity index (χ2n) is 4.08. The highest BCUT2D eigenvalue weighted by Crippen LogP contribution is 2.47. The van der Waals surface area contributed by atoms with Crippen LogP contribution in [0.4, 0.5) is 0 Å². The topological polar surface area (TPSA) is 64.2 Å². The highest BCUT2D eigenvalue weighted by atomic mass is 16.3. The smallest absolute Gasteiger partial charge is 0.154 e. The van der Waals surface area contributed by atoms with Crippen LogP contribution < -0.4 is 0 Å². The maximum Gasteiger partial charge on any atom is 0.154 e. The van der Waals surface area contributed by atoms with E-state index in [-0.39, 0.29) is 17.9 Å². The molecular weight excluding hydrogens is 154 g/mol. The molecule has 0 saturated heterocycles. The minimum Gasteiger partial charge on any atom is -0.393 e. The molecule has 3 saturated carbocycles. The molecule has 0 aromatic rings. The summed E-state index contributed by atoms with van der Waals surface area (Å²) < 4.78 is 0. The summed E-state index contributed by atoms with van der Waals surface area (Å²) in [6.07, 6.45) is 2.66. The van der Waals surface area contributed by atoms with Crippen molar-refractivity contribution in [1.82, 2.24) is 0 Å². The highest BCUT2D eigenvalue weighted by molar-refractivity contribution is 5.12. The summed E-state index contributed by atoms with van der Waals surface area (Å²) in [6, 6.07) is 1.98. The van der Waals surface area contributed by atoms with E-state index in [1.54, 1.807) is 0 Å². The number of nitriles is 1. The number of hydrogen-bond acceptors (Lipinski definition) is 3. The third-order valence-corrected chi connectivity index (χ3v) is 3.40. The van der Waals surface area contributed by atoms with E-state index >= 15 is 0 Å².